The second-order valence-electron chi connectivity index (χ2n) is 15.2. The van der Waals surface area contributed by atoms with Gasteiger partial charge in [-0.2, -0.15) is 0 Å². The highest BCUT2D eigenvalue weighted by atomic mass is 16.5. The van der Waals surface area contributed by atoms with Crippen molar-refractivity contribution in [2.45, 2.75) is 194 Å². The van der Waals surface area contributed by atoms with Crippen molar-refractivity contribution >= 4 is 5.78 Å². The van der Waals surface area contributed by atoms with Crippen LogP contribution in [0.1, 0.15) is 182 Å². The Hall–Kier alpha value is -0.410. The van der Waals surface area contributed by atoms with E-state index in [4.69, 9.17) is 9.47 Å². The van der Waals surface area contributed by atoms with E-state index in [1.165, 1.54) is 141 Å². The normalized spacial score (nSPS) is 31.3. The number of Topliss-reactive ketones (excluding diaryl/α,β-unsaturated/α-hetero) is 1. The van der Waals surface area contributed by atoms with Gasteiger partial charge < -0.3 is 9.47 Å². The fourth-order valence-corrected chi connectivity index (χ4v) is 10.8. The van der Waals surface area contributed by atoms with Crippen LogP contribution < -0.4 is 0 Å². The Morgan fingerprint density at radius 3 is 1.14 bits per heavy atom. The van der Waals surface area contributed by atoms with E-state index in [9.17, 15) is 0 Å². The lowest BCUT2D eigenvalue weighted by molar-refractivity contribution is -0.164. The molecule has 4 fully saturated rings. The molecule has 0 saturated heterocycles. The molecule has 42 heavy (non-hydrogen) atoms. The number of rotatable bonds is 16. The maximum absolute atomic E-state index is 16.1. The lowest BCUT2D eigenvalue weighted by Gasteiger charge is -2.57. The number of hydrogen-bond acceptors (Lipinski definition) is 3. The number of carbonyl (C=O) groups is 1. The molecule has 0 aliphatic heterocycles. The predicted molar refractivity (Wildman–Crippen MR) is 177 cm³/mol. The Labute approximate surface area is 261 Å². The topological polar surface area (TPSA) is 35.5 Å². The Balaban J connectivity index is 1.64. The van der Waals surface area contributed by atoms with Crippen molar-refractivity contribution in [1.82, 2.24) is 0 Å². The summed E-state index contributed by atoms with van der Waals surface area (Å²) in [7, 11) is 0. The van der Waals surface area contributed by atoms with Gasteiger partial charge in [0.25, 0.3) is 0 Å². The first kappa shape index (κ1) is 34.5. The summed E-state index contributed by atoms with van der Waals surface area (Å²) in [5.74, 6) is 3.06. The maximum atomic E-state index is 16.1. The third kappa shape index (κ3) is 7.68. The highest BCUT2D eigenvalue weighted by Gasteiger charge is 2.60. The molecular weight excluding hydrogens is 516 g/mol. The highest BCUT2D eigenvalue weighted by Crippen LogP contribution is 2.61. The van der Waals surface area contributed by atoms with E-state index in [-0.39, 0.29) is 10.8 Å². The highest BCUT2D eigenvalue weighted by molar-refractivity contribution is 5.91. The van der Waals surface area contributed by atoms with Crippen LogP contribution in [0.4, 0.5) is 0 Å². The molecule has 3 nitrogen and oxygen atoms in total. The van der Waals surface area contributed by atoms with Crippen LogP contribution in [0.15, 0.2) is 0 Å². The first-order valence-corrected chi connectivity index (χ1v) is 19.3. The molecule has 4 aliphatic rings. The summed E-state index contributed by atoms with van der Waals surface area (Å²) < 4.78 is 12.7. The van der Waals surface area contributed by atoms with Gasteiger partial charge >= 0.3 is 0 Å². The quantitative estimate of drug-likeness (QED) is 0.169. The molecule has 4 saturated carbocycles. The largest absolute Gasteiger partial charge is 0.378 e. The molecule has 0 aromatic heterocycles. The number of hydrogen-bond donors (Lipinski definition) is 0. The van der Waals surface area contributed by atoms with Gasteiger partial charge in [0.05, 0.1) is 12.2 Å². The molecule has 0 heterocycles. The second kappa shape index (κ2) is 17.3. The minimum absolute atomic E-state index is 0.128. The summed E-state index contributed by atoms with van der Waals surface area (Å²) in [6.45, 7) is 11.2. The molecule has 0 radical (unpaired) electrons. The van der Waals surface area contributed by atoms with E-state index in [0.29, 0.717) is 35.9 Å². The van der Waals surface area contributed by atoms with Crippen LogP contribution in [0.25, 0.3) is 0 Å². The van der Waals surface area contributed by atoms with Gasteiger partial charge in [-0.25, -0.2) is 0 Å². The lowest BCUT2D eigenvalue weighted by atomic mass is 9.45. The first-order chi connectivity index (χ1) is 20.6. The van der Waals surface area contributed by atoms with Gasteiger partial charge in [0.2, 0.25) is 0 Å². The van der Waals surface area contributed by atoms with E-state index in [2.05, 4.69) is 27.7 Å². The average molecular weight is 587 g/mol. The minimum Gasteiger partial charge on any atom is -0.378 e. The predicted octanol–water partition coefficient (Wildman–Crippen LogP) is 11.3. The Kier molecular flexibility index (Phi) is 14.2. The average Bonchev–Trinajstić information content (AvgIpc) is 3.05. The first-order valence-electron chi connectivity index (χ1n) is 19.3. The third-order valence-electron chi connectivity index (χ3n) is 13.2. The van der Waals surface area contributed by atoms with Crippen molar-refractivity contribution in [3.05, 3.63) is 0 Å². The molecule has 0 aromatic carbocycles. The molecule has 4 rings (SSSR count). The van der Waals surface area contributed by atoms with Gasteiger partial charge in [0, 0.05) is 24.0 Å². The zero-order valence-electron chi connectivity index (χ0n) is 28.6. The van der Waals surface area contributed by atoms with Crippen molar-refractivity contribution in [2.24, 2.45) is 34.5 Å². The number of ether oxygens (including phenoxy) is 2. The fourth-order valence-electron chi connectivity index (χ4n) is 10.8. The van der Waals surface area contributed by atoms with Crippen LogP contribution in [0.2, 0.25) is 0 Å². The Bertz CT molecular complexity index is 690. The zero-order chi connectivity index (χ0) is 29.8. The molecule has 4 aliphatic carbocycles. The van der Waals surface area contributed by atoms with Crippen LogP contribution in [0.5, 0.6) is 0 Å². The van der Waals surface area contributed by atoms with Crippen LogP contribution >= 0.6 is 0 Å². The van der Waals surface area contributed by atoms with Gasteiger partial charge in [-0.3, -0.25) is 4.79 Å². The molecule has 0 spiro atoms. The van der Waals surface area contributed by atoms with Crippen molar-refractivity contribution in [3.8, 4) is 0 Å². The summed E-state index contributed by atoms with van der Waals surface area (Å²) in [5.41, 5.74) is -0.256. The molecule has 2 unspecified atom stereocenters. The van der Waals surface area contributed by atoms with E-state index in [1.807, 2.05) is 0 Å². The van der Waals surface area contributed by atoms with E-state index >= 15 is 4.79 Å². The molecule has 244 valence electrons. The standard InChI is InChI=1S/C39H70O3/c1-5-9-29-41-35-25-21-33(22-26-35)38(7-3,31-17-13-11-14-18-31)37(40)39(8-4,32-19-15-12-16-20-32)34-23-27-36(28-24-34)42-30-10-6-2/h31-36H,5-30H2,1-4H3. The molecule has 3 heteroatoms. The molecule has 0 aromatic rings. The van der Waals surface area contributed by atoms with Gasteiger partial charge in [-0.15, -0.1) is 0 Å². The summed E-state index contributed by atoms with van der Waals surface area (Å²) >= 11 is 0. The molecular formula is C39H70O3. The van der Waals surface area contributed by atoms with Crippen molar-refractivity contribution in [2.75, 3.05) is 13.2 Å². The summed E-state index contributed by atoms with van der Waals surface area (Å²) in [5, 5.41) is 0. The molecule has 0 bridgehead atoms. The van der Waals surface area contributed by atoms with E-state index in [0.717, 1.165) is 31.8 Å². The van der Waals surface area contributed by atoms with Crippen LogP contribution in [-0.2, 0) is 14.3 Å². The van der Waals surface area contributed by atoms with Crippen LogP contribution in [0, 0.1) is 34.5 Å². The number of ketones is 1. The van der Waals surface area contributed by atoms with Gasteiger partial charge in [0.1, 0.15) is 5.78 Å². The summed E-state index contributed by atoms with van der Waals surface area (Å²) in [6, 6.07) is 0. The number of carbonyl (C=O) groups excluding carboxylic acids is 1. The van der Waals surface area contributed by atoms with Crippen LogP contribution in [-0.4, -0.2) is 31.2 Å². The maximum Gasteiger partial charge on any atom is 0.146 e. The second-order valence-corrected chi connectivity index (χ2v) is 15.2. The summed E-state index contributed by atoms with van der Waals surface area (Å²) in [6.07, 6.45) is 30.4. The Morgan fingerprint density at radius 1 is 0.500 bits per heavy atom. The van der Waals surface area contributed by atoms with Crippen LogP contribution in [0.3, 0.4) is 0 Å². The fraction of sp³-hybridized carbons (Fsp3) is 0.974. The SMILES string of the molecule is CCCCOC1CCC(C(CC)(C(=O)C(CC)(C2CCCCC2)C2CCC(OCCCC)CC2)C2CCCCC2)CC1. The number of unbranched alkanes of at least 4 members (excludes halogenated alkanes) is 2. The molecule has 0 N–H and O–H groups in total. The smallest absolute Gasteiger partial charge is 0.146 e. The monoisotopic (exact) mass is 587 g/mol. The van der Waals surface area contributed by atoms with Crippen molar-refractivity contribution in [3.63, 3.8) is 0 Å². The molecule has 0 amide bonds. The zero-order valence-corrected chi connectivity index (χ0v) is 28.6. The molecule has 2 atom stereocenters. The van der Waals surface area contributed by atoms with E-state index in [1.54, 1.807) is 0 Å². The lowest BCUT2D eigenvalue weighted by Crippen LogP contribution is -2.58. The Morgan fingerprint density at radius 2 is 0.833 bits per heavy atom. The summed E-state index contributed by atoms with van der Waals surface area (Å²) in [4.78, 5) is 16.1. The van der Waals surface area contributed by atoms with Crippen molar-refractivity contribution < 1.29 is 14.3 Å². The third-order valence-corrected chi connectivity index (χ3v) is 13.2. The van der Waals surface area contributed by atoms with Gasteiger partial charge in [0.15, 0.2) is 0 Å². The van der Waals surface area contributed by atoms with Gasteiger partial charge in [-0.05, 0) is 126 Å². The van der Waals surface area contributed by atoms with Crippen molar-refractivity contribution in [1.29, 1.82) is 0 Å². The minimum atomic E-state index is -0.128. The van der Waals surface area contributed by atoms with E-state index < -0.39 is 0 Å². The van der Waals surface area contributed by atoms with Gasteiger partial charge in [-0.1, -0.05) is 79.1 Å².